The van der Waals surface area contributed by atoms with E-state index in [4.69, 9.17) is 5.11 Å². The third-order valence-electron chi connectivity index (χ3n) is 1.74. The molecule has 0 bridgehead atoms. The molecule has 0 spiro atoms. The number of carbonyl (C=O) groups is 1. The second kappa shape index (κ2) is 4.37. The first-order valence-corrected chi connectivity index (χ1v) is 4.04. The van der Waals surface area contributed by atoms with Gasteiger partial charge in [-0.25, -0.2) is 0 Å². The minimum absolute atomic E-state index is 0.0765. The van der Waals surface area contributed by atoms with Crippen molar-refractivity contribution in [1.82, 2.24) is 0 Å². The summed E-state index contributed by atoms with van der Waals surface area (Å²) < 4.78 is 0. The van der Waals surface area contributed by atoms with Crippen LogP contribution in [0.1, 0.15) is 40.0 Å². The highest BCUT2D eigenvalue weighted by Crippen LogP contribution is 2.26. The predicted molar refractivity (Wildman–Crippen MR) is 45.2 cm³/mol. The van der Waals surface area contributed by atoms with Gasteiger partial charge >= 0.3 is 5.97 Å². The molecule has 0 amide bonds. The van der Waals surface area contributed by atoms with Crippen LogP contribution in [-0.2, 0) is 4.79 Å². The molecule has 0 aliphatic carbocycles. The lowest BCUT2D eigenvalue weighted by molar-refractivity contribution is -0.137. The van der Waals surface area contributed by atoms with Crippen molar-refractivity contribution < 1.29 is 9.90 Å². The molecular weight excluding hydrogens is 140 g/mol. The molecule has 0 atom stereocenters. The van der Waals surface area contributed by atoms with E-state index in [1.165, 1.54) is 0 Å². The van der Waals surface area contributed by atoms with E-state index < -0.39 is 5.97 Å². The summed E-state index contributed by atoms with van der Waals surface area (Å²) in [4.78, 5) is 10.2. The van der Waals surface area contributed by atoms with Crippen molar-refractivity contribution in [3.8, 4) is 0 Å². The summed E-state index contributed by atoms with van der Waals surface area (Å²) >= 11 is 0. The summed E-state index contributed by atoms with van der Waals surface area (Å²) in [6.45, 7) is 6.21. The van der Waals surface area contributed by atoms with Crippen molar-refractivity contribution in [3.05, 3.63) is 6.42 Å². The van der Waals surface area contributed by atoms with Crippen LogP contribution in [0.4, 0.5) is 0 Å². The maximum absolute atomic E-state index is 10.2. The molecule has 1 radical (unpaired) electrons. The zero-order valence-corrected chi connectivity index (χ0v) is 7.55. The number of carboxylic acid groups (broad SMARTS) is 1. The fourth-order valence-electron chi connectivity index (χ4n) is 1.08. The van der Waals surface area contributed by atoms with E-state index >= 15 is 0 Å². The molecule has 0 saturated carbocycles. The standard InChI is InChI=1S/C9H17O2/c1-4-6-9(2,3)7-5-8(10)11/h6H,4-5,7H2,1-3H3,(H,10,11). The molecule has 0 aliphatic rings. The maximum atomic E-state index is 10.2. The topological polar surface area (TPSA) is 37.3 Å². The monoisotopic (exact) mass is 157 g/mol. The Morgan fingerprint density at radius 1 is 1.55 bits per heavy atom. The average Bonchev–Trinajstić information content (AvgIpc) is 1.84. The normalized spacial score (nSPS) is 11.5. The Morgan fingerprint density at radius 3 is 2.45 bits per heavy atom. The number of carboxylic acids is 1. The van der Waals surface area contributed by atoms with Crippen LogP contribution in [-0.4, -0.2) is 11.1 Å². The Bertz CT molecular complexity index is 128. The second-order valence-corrected chi connectivity index (χ2v) is 3.49. The van der Waals surface area contributed by atoms with E-state index in [1.807, 2.05) is 0 Å². The van der Waals surface area contributed by atoms with Crippen LogP contribution in [0.15, 0.2) is 0 Å². The lowest BCUT2D eigenvalue weighted by atomic mass is 9.83. The Balaban J connectivity index is 3.63. The number of hydrogen-bond donors (Lipinski definition) is 1. The zero-order chi connectivity index (χ0) is 8.91. The molecule has 0 saturated heterocycles. The van der Waals surface area contributed by atoms with Gasteiger partial charge in [0.15, 0.2) is 0 Å². The van der Waals surface area contributed by atoms with Gasteiger partial charge in [-0.05, 0) is 18.3 Å². The average molecular weight is 157 g/mol. The van der Waals surface area contributed by atoms with Gasteiger partial charge in [0.25, 0.3) is 0 Å². The van der Waals surface area contributed by atoms with E-state index in [1.54, 1.807) is 0 Å². The fourth-order valence-corrected chi connectivity index (χ4v) is 1.08. The highest BCUT2D eigenvalue weighted by Gasteiger charge is 2.17. The van der Waals surface area contributed by atoms with E-state index in [0.717, 1.165) is 12.8 Å². The van der Waals surface area contributed by atoms with Crippen molar-refractivity contribution >= 4 is 5.97 Å². The summed E-state index contributed by atoms with van der Waals surface area (Å²) in [5, 5.41) is 8.43. The quantitative estimate of drug-likeness (QED) is 0.665. The van der Waals surface area contributed by atoms with Crippen molar-refractivity contribution in [2.24, 2.45) is 5.41 Å². The van der Waals surface area contributed by atoms with Gasteiger partial charge < -0.3 is 5.11 Å². The van der Waals surface area contributed by atoms with Gasteiger partial charge in [-0.3, -0.25) is 4.79 Å². The minimum Gasteiger partial charge on any atom is -0.481 e. The first-order chi connectivity index (χ1) is 4.98. The van der Waals surface area contributed by atoms with Crippen LogP contribution in [0.5, 0.6) is 0 Å². The van der Waals surface area contributed by atoms with Crippen molar-refractivity contribution in [1.29, 1.82) is 0 Å². The zero-order valence-electron chi connectivity index (χ0n) is 7.55. The molecule has 1 N–H and O–H groups in total. The van der Waals surface area contributed by atoms with Crippen molar-refractivity contribution in [3.63, 3.8) is 0 Å². The van der Waals surface area contributed by atoms with Gasteiger partial charge in [-0.15, -0.1) is 0 Å². The van der Waals surface area contributed by atoms with Crippen LogP contribution < -0.4 is 0 Å². The highest BCUT2D eigenvalue weighted by atomic mass is 16.4. The maximum Gasteiger partial charge on any atom is 0.303 e. The summed E-state index contributed by atoms with van der Waals surface area (Å²) in [7, 11) is 0. The Kier molecular flexibility index (Phi) is 4.16. The number of aliphatic carboxylic acids is 1. The van der Waals surface area contributed by atoms with E-state index in [-0.39, 0.29) is 11.8 Å². The molecule has 2 nitrogen and oxygen atoms in total. The van der Waals surface area contributed by atoms with Crippen LogP contribution >= 0.6 is 0 Å². The minimum atomic E-state index is -0.706. The van der Waals surface area contributed by atoms with Gasteiger partial charge in [0.2, 0.25) is 0 Å². The van der Waals surface area contributed by atoms with E-state index in [9.17, 15) is 4.79 Å². The van der Waals surface area contributed by atoms with Crippen molar-refractivity contribution in [2.45, 2.75) is 40.0 Å². The lowest BCUT2D eigenvalue weighted by Crippen LogP contribution is -2.13. The summed E-state index contributed by atoms with van der Waals surface area (Å²) in [6, 6.07) is 0. The third kappa shape index (κ3) is 5.89. The highest BCUT2D eigenvalue weighted by molar-refractivity contribution is 5.66. The third-order valence-corrected chi connectivity index (χ3v) is 1.74. The van der Waals surface area contributed by atoms with Gasteiger partial charge in [-0.2, -0.15) is 0 Å². The second-order valence-electron chi connectivity index (χ2n) is 3.49. The number of rotatable bonds is 5. The lowest BCUT2D eigenvalue weighted by Gasteiger charge is -2.22. The molecule has 0 aliphatic heterocycles. The Morgan fingerprint density at radius 2 is 2.09 bits per heavy atom. The largest absolute Gasteiger partial charge is 0.481 e. The van der Waals surface area contributed by atoms with Gasteiger partial charge in [0.05, 0.1) is 0 Å². The fraction of sp³-hybridized carbons (Fsp3) is 0.778. The molecular formula is C9H17O2. The van der Waals surface area contributed by atoms with Crippen LogP contribution in [0.2, 0.25) is 0 Å². The molecule has 0 aromatic carbocycles. The van der Waals surface area contributed by atoms with Crippen molar-refractivity contribution in [2.75, 3.05) is 0 Å². The molecule has 0 heterocycles. The Hall–Kier alpha value is -0.530. The Labute approximate surface area is 68.6 Å². The van der Waals surface area contributed by atoms with Crippen LogP contribution in [0, 0.1) is 11.8 Å². The SMILES string of the molecule is CC[CH]C(C)(C)CCC(=O)O. The summed E-state index contributed by atoms with van der Waals surface area (Å²) in [5.41, 5.74) is 0.0765. The molecule has 0 rings (SSSR count). The summed E-state index contributed by atoms with van der Waals surface area (Å²) in [6.07, 6.45) is 4.17. The van der Waals surface area contributed by atoms with Gasteiger partial charge in [-0.1, -0.05) is 27.2 Å². The molecule has 0 unspecified atom stereocenters. The van der Waals surface area contributed by atoms with E-state index in [2.05, 4.69) is 27.2 Å². The predicted octanol–water partition coefficient (Wildman–Crippen LogP) is 2.49. The van der Waals surface area contributed by atoms with Gasteiger partial charge in [0.1, 0.15) is 0 Å². The van der Waals surface area contributed by atoms with E-state index in [0.29, 0.717) is 0 Å². The molecule has 11 heavy (non-hydrogen) atoms. The molecule has 0 aromatic rings. The first-order valence-electron chi connectivity index (χ1n) is 4.04. The molecule has 0 fully saturated rings. The smallest absolute Gasteiger partial charge is 0.303 e. The van der Waals surface area contributed by atoms with Crippen LogP contribution in [0.25, 0.3) is 0 Å². The van der Waals surface area contributed by atoms with Gasteiger partial charge in [0, 0.05) is 6.42 Å². The summed E-state index contributed by atoms with van der Waals surface area (Å²) in [5.74, 6) is -0.706. The molecule has 65 valence electrons. The molecule has 0 aromatic heterocycles. The van der Waals surface area contributed by atoms with Crippen LogP contribution in [0.3, 0.4) is 0 Å². The molecule has 2 heteroatoms. The number of hydrogen-bond acceptors (Lipinski definition) is 1. The first kappa shape index (κ1) is 10.5.